The van der Waals surface area contributed by atoms with E-state index in [2.05, 4.69) is 4.90 Å². The third kappa shape index (κ3) is 4.83. The number of amides is 2. The van der Waals surface area contributed by atoms with Crippen LogP contribution in [0.15, 0.2) is 58.3 Å². The minimum Gasteiger partial charge on any atom is -0.339 e. The van der Waals surface area contributed by atoms with E-state index in [-0.39, 0.29) is 18.4 Å². The first-order valence-corrected chi connectivity index (χ1v) is 11.0. The molecular formula is C23H22F3N3O2S. The Labute approximate surface area is 188 Å². The second-order valence-electron chi connectivity index (χ2n) is 7.77. The second-order valence-corrected chi connectivity index (χ2v) is 8.86. The van der Waals surface area contributed by atoms with E-state index in [0.29, 0.717) is 29.2 Å². The Morgan fingerprint density at radius 3 is 2.34 bits per heavy atom. The Bertz CT molecular complexity index is 1050. The predicted molar refractivity (Wildman–Crippen MR) is 118 cm³/mol. The van der Waals surface area contributed by atoms with Crippen molar-refractivity contribution in [2.75, 3.05) is 44.7 Å². The van der Waals surface area contributed by atoms with E-state index < -0.39 is 11.7 Å². The van der Waals surface area contributed by atoms with Gasteiger partial charge in [0.1, 0.15) is 6.54 Å². The van der Waals surface area contributed by atoms with E-state index in [4.69, 9.17) is 0 Å². The summed E-state index contributed by atoms with van der Waals surface area (Å²) < 4.78 is 38.5. The fourth-order valence-electron chi connectivity index (χ4n) is 3.63. The molecule has 1 saturated heterocycles. The molecule has 0 spiro atoms. The van der Waals surface area contributed by atoms with Crippen molar-refractivity contribution in [1.29, 1.82) is 0 Å². The summed E-state index contributed by atoms with van der Waals surface area (Å²) in [7, 11) is 2.00. The number of alkyl halides is 3. The fourth-order valence-corrected chi connectivity index (χ4v) is 4.69. The summed E-state index contributed by atoms with van der Waals surface area (Å²) in [6.45, 7) is 2.71. The van der Waals surface area contributed by atoms with Gasteiger partial charge in [-0.15, -0.1) is 0 Å². The number of carbonyl (C=O) groups is 2. The quantitative estimate of drug-likeness (QED) is 0.650. The number of anilines is 1. The zero-order chi connectivity index (χ0) is 22.9. The lowest BCUT2D eigenvalue weighted by Crippen LogP contribution is -2.51. The summed E-state index contributed by atoms with van der Waals surface area (Å²) in [5.41, 5.74) is 0.403. The summed E-state index contributed by atoms with van der Waals surface area (Å²) in [5.74, 6) is -0.460. The zero-order valence-corrected chi connectivity index (χ0v) is 18.2. The van der Waals surface area contributed by atoms with Gasteiger partial charge in [-0.25, -0.2) is 0 Å². The smallest absolute Gasteiger partial charge is 0.339 e. The van der Waals surface area contributed by atoms with E-state index in [9.17, 15) is 22.8 Å². The molecule has 4 rings (SSSR count). The van der Waals surface area contributed by atoms with Crippen LogP contribution in [0.4, 0.5) is 18.9 Å². The van der Waals surface area contributed by atoms with Crippen LogP contribution in [0.3, 0.4) is 0 Å². The van der Waals surface area contributed by atoms with Crippen LogP contribution in [0.5, 0.6) is 0 Å². The highest BCUT2D eigenvalue weighted by molar-refractivity contribution is 8.04. The number of benzene rings is 2. The van der Waals surface area contributed by atoms with Gasteiger partial charge < -0.3 is 9.80 Å². The van der Waals surface area contributed by atoms with Crippen LogP contribution in [-0.4, -0.2) is 61.4 Å². The van der Waals surface area contributed by atoms with Crippen molar-refractivity contribution in [1.82, 2.24) is 9.80 Å². The van der Waals surface area contributed by atoms with Gasteiger partial charge in [-0.2, -0.15) is 13.2 Å². The molecule has 0 unspecified atom stereocenters. The molecule has 2 aromatic carbocycles. The molecule has 168 valence electrons. The van der Waals surface area contributed by atoms with Gasteiger partial charge in [0.05, 0.1) is 16.2 Å². The van der Waals surface area contributed by atoms with E-state index in [1.807, 2.05) is 25.2 Å². The Morgan fingerprint density at radius 2 is 1.69 bits per heavy atom. The van der Waals surface area contributed by atoms with Crippen LogP contribution >= 0.6 is 11.8 Å². The van der Waals surface area contributed by atoms with Crippen LogP contribution in [0.1, 0.15) is 11.1 Å². The van der Waals surface area contributed by atoms with Gasteiger partial charge in [-0.1, -0.05) is 36.0 Å². The monoisotopic (exact) mass is 461 g/mol. The van der Waals surface area contributed by atoms with E-state index in [0.717, 1.165) is 30.1 Å². The number of para-hydroxylation sites is 1. The number of hydrogen-bond donors (Lipinski definition) is 0. The summed E-state index contributed by atoms with van der Waals surface area (Å²) in [4.78, 5) is 32.7. The summed E-state index contributed by atoms with van der Waals surface area (Å²) in [6.07, 6.45) is -2.85. The van der Waals surface area contributed by atoms with Gasteiger partial charge >= 0.3 is 6.18 Å². The molecule has 2 aliphatic heterocycles. The number of likely N-dealkylation sites (N-methyl/N-ethyl adjacent to an activating group) is 1. The molecule has 0 saturated carbocycles. The Morgan fingerprint density at radius 1 is 1.03 bits per heavy atom. The first kappa shape index (κ1) is 22.4. The van der Waals surface area contributed by atoms with Crippen molar-refractivity contribution >= 4 is 35.3 Å². The first-order valence-electron chi connectivity index (χ1n) is 10.2. The molecule has 0 aromatic heterocycles. The fraction of sp³-hybridized carbons (Fsp3) is 0.304. The largest absolute Gasteiger partial charge is 0.416 e. The number of nitrogens with zero attached hydrogens (tertiary/aromatic N) is 3. The van der Waals surface area contributed by atoms with Crippen LogP contribution in [0.2, 0.25) is 0 Å². The van der Waals surface area contributed by atoms with E-state index in [1.54, 1.807) is 17.0 Å². The molecule has 2 heterocycles. The number of thioether (sulfide) groups is 1. The minimum absolute atomic E-state index is 0.0789. The molecule has 0 radical (unpaired) electrons. The third-order valence-corrected chi connectivity index (χ3v) is 6.59. The van der Waals surface area contributed by atoms with Gasteiger partial charge in [0, 0.05) is 31.1 Å². The molecule has 32 heavy (non-hydrogen) atoms. The molecular weight excluding hydrogens is 439 g/mol. The minimum atomic E-state index is -4.42. The number of fused-ring (bicyclic) bond motifs is 1. The van der Waals surface area contributed by atoms with Gasteiger partial charge in [-0.05, 0) is 43.0 Å². The van der Waals surface area contributed by atoms with Gasteiger partial charge in [0.15, 0.2) is 0 Å². The molecule has 0 N–H and O–H groups in total. The maximum Gasteiger partial charge on any atom is 0.416 e. The number of piperazine rings is 1. The Hall–Kier alpha value is -2.78. The molecule has 0 bridgehead atoms. The first-order chi connectivity index (χ1) is 15.2. The van der Waals surface area contributed by atoms with Crippen molar-refractivity contribution < 1.29 is 22.8 Å². The normalized spacial score (nSPS) is 18.8. The maximum absolute atomic E-state index is 13.3. The molecule has 2 aliphatic rings. The average molecular weight is 462 g/mol. The number of halogens is 3. The van der Waals surface area contributed by atoms with E-state index in [1.165, 1.54) is 28.8 Å². The average Bonchev–Trinajstić information content (AvgIpc) is 2.76. The molecule has 1 fully saturated rings. The standard InChI is InChI=1S/C23H22F3N3O2S/c1-27-10-12-28(13-11-27)21(30)15-29-18-4-2-3-5-19(18)32-20(22(29)31)14-16-6-8-17(9-7-16)23(24,25)26/h2-9,14H,10-13,15H2,1H3/b20-14+. The second kappa shape index (κ2) is 8.99. The molecule has 5 nitrogen and oxygen atoms in total. The SMILES string of the molecule is CN1CCN(C(=O)CN2C(=O)/C(=C\c3ccc(C(F)(F)F)cc3)Sc3ccccc32)CC1. The van der Waals surface area contributed by atoms with Crippen molar-refractivity contribution in [2.24, 2.45) is 0 Å². The molecule has 2 amide bonds. The van der Waals surface area contributed by atoms with Gasteiger partial charge in [0.2, 0.25) is 5.91 Å². The van der Waals surface area contributed by atoms with Crippen LogP contribution in [0.25, 0.3) is 6.08 Å². The predicted octanol–water partition coefficient (Wildman–Crippen LogP) is 3.96. The highest BCUT2D eigenvalue weighted by Crippen LogP contribution is 2.42. The molecule has 0 aliphatic carbocycles. The molecule has 2 aromatic rings. The van der Waals surface area contributed by atoms with Crippen LogP contribution in [0, 0.1) is 0 Å². The highest BCUT2D eigenvalue weighted by Gasteiger charge is 2.33. The van der Waals surface area contributed by atoms with Crippen molar-refractivity contribution in [2.45, 2.75) is 11.1 Å². The number of hydrogen-bond acceptors (Lipinski definition) is 4. The Balaban J connectivity index is 1.59. The van der Waals surface area contributed by atoms with Gasteiger partial charge in [-0.3, -0.25) is 14.5 Å². The molecule has 9 heteroatoms. The van der Waals surface area contributed by atoms with Crippen LogP contribution < -0.4 is 4.90 Å². The van der Waals surface area contributed by atoms with Crippen molar-refractivity contribution in [3.63, 3.8) is 0 Å². The summed E-state index contributed by atoms with van der Waals surface area (Å²) in [5, 5.41) is 0. The van der Waals surface area contributed by atoms with E-state index >= 15 is 0 Å². The van der Waals surface area contributed by atoms with Crippen molar-refractivity contribution in [3.8, 4) is 0 Å². The lowest BCUT2D eigenvalue weighted by molar-refractivity contribution is -0.137. The summed E-state index contributed by atoms with van der Waals surface area (Å²) >= 11 is 1.25. The topological polar surface area (TPSA) is 43.9 Å². The Kier molecular flexibility index (Phi) is 6.30. The maximum atomic E-state index is 13.3. The zero-order valence-electron chi connectivity index (χ0n) is 17.4. The molecule has 0 atom stereocenters. The third-order valence-electron chi connectivity index (χ3n) is 5.52. The lowest BCUT2D eigenvalue weighted by Gasteiger charge is -2.35. The number of carbonyl (C=O) groups excluding carboxylic acids is 2. The number of rotatable bonds is 3. The lowest BCUT2D eigenvalue weighted by atomic mass is 10.1. The van der Waals surface area contributed by atoms with Crippen LogP contribution in [-0.2, 0) is 15.8 Å². The van der Waals surface area contributed by atoms with Crippen molar-refractivity contribution in [3.05, 3.63) is 64.6 Å². The summed E-state index contributed by atoms with van der Waals surface area (Å²) in [6, 6.07) is 12.0. The highest BCUT2D eigenvalue weighted by atomic mass is 32.2. The van der Waals surface area contributed by atoms with Gasteiger partial charge in [0.25, 0.3) is 5.91 Å².